The molecule has 20 heavy (non-hydrogen) atoms. The van der Waals surface area contributed by atoms with Crippen molar-refractivity contribution in [2.24, 2.45) is 5.73 Å². The number of benzene rings is 1. The van der Waals surface area contributed by atoms with Crippen LogP contribution < -0.4 is 10.5 Å². The molecule has 0 aliphatic rings. The van der Waals surface area contributed by atoms with Gasteiger partial charge in [-0.25, -0.2) is 8.42 Å². The Morgan fingerprint density at radius 3 is 2.60 bits per heavy atom. The van der Waals surface area contributed by atoms with Crippen molar-refractivity contribution in [3.05, 3.63) is 46.2 Å². The highest BCUT2D eigenvalue weighted by molar-refractivity contribution is 7.90. The molecule has 0 fully saturated rings. The molecule has 1 unspecified atom stereocenters. The van der Waals surface area contributed by atoms with Crippen molar-refractivity contribution in [1.82, 2.24) is 0 Å². The van der Waals surface area contributed by atoms with Gasteiger partial charge in [-0.2, -0.15) is 0 Å². The summed E-state index contributed by atoms with van der Waals surface area (Å²) < 4.78 is 28.9. The number of hydrogen-bond acceptors (Lipinski definition) is 5. The second-order valence-corrected chi connectivity index (χ2v) is 7.87. The fourth-order valence-electron chi connectivity index (χ4n) is 1.79. The largest absolute Gasteiger partial charge is 0.484 e. The first-order valence-corrected chi connectivity index (χ1v) is 8.84. The van der Waals surface area contributed by atoms with Crippen LogP contribution in [0.5, 0.6) is 5.75 Å². The zero-order valence-electron chi connectivity index (χ0n) is 11.4. The maximum absolute atomic E-state index is 11.5. The molecule has 108 valence electrons. The summed E-state index contributed by atoms with van der Waals surface area (Å²) in [6.45, 7) is 2.36. The zero-order valence-corrected chi connectivity index (χ0v) is 13.0. The fraction of sp³-hybridized carbons (Fsp3) is 0.286. The van der Waals surface area contributed by atoms with Crippen molar-refractivity contribution in [2.45, 2.75) is 17.9 Å². The lowest BCUT2D eigenvalue weighted by atomic mass is 10.2. The van der Waals surface area contributed by atoms with Gasteiger partial charge >= 0.3 is 0 Å². The van der Waals surface area contributed by atoms with E-state index in [-0.39, 0.29) is 11.0 Å². The highest BCUT2D eigenvalue weighted by atomic mass is 32.2. The minimum Gasteiger partial charge on any atom is -0.484 e. The lowest BCUT2D eigenvalue weighted by molar-refractivity contribution is 0.217. The SMILES string of the molecule is Cc1ccc(C(CN)Oc2cccc(S(C)(=O)=O)c2)s1. The fourth-order valence-corrected chi connectivity index (χ4v) is 3.37. The number of ether oxygens (including phenoxy) is 1. The predicted octanol–water partition coefficient (Wildman–Crippen LogP) is 2.54. The number of aryl methyl sites for hydroxylation is 1. The monoisotopic (exact) mass is 311 g/mol. The molecular weight excluding hydrogens is 294 g/mol. The van der Waals surface area contributed by atoms with Crippen LogP contribution in [0.3, 0.4) is 0 Å². The van der Waals surface area contributed by atoms with E-state index in [1.54, 1.807) is 29.5 Å². The van der Waals surface area contributed by atoms with E-state index in [1.807, 2.05) is 19.1 Å². The van der Waals surface area contributed by atoms with Crippen LogP contribution in [0.1, 0.15) is 15.9 Å². The van der Waals surface area contributed by atoms with E-state index in [0.717, 1.165) is 4.88 Å². The van der Waals surface area contributed by atoms with E-state index in [4.69, 9.17) is 10.5 Å². The number of hydrogen-bond donors (Lipinski definition) is 1. The first kappa shape index (κ1) is 15.0. The highest BCUT2D eigenvalue weighted by Crippen LogP contribution is 2.28. The summed E-state index contributed by atoms with van der Waals surface area (Å²) in [5, 5.41) is 0. The van der Waals surface area contributed by atoms with E-state index in [0.29, 0.717) is 12.3 Å². The first-order chi connectivity index (χ1) is 9.40. The third-order valence-corrected chi connectivity index (χ3v) is 5.01. The smallest absolute Gasteiger partial charge is 0.175 e. The Labute approximate surface area is 123 Å². The van der Waals surface area contributed by atoms with Crippen molar-refractivity contribution >= 4 is 21.2 Å². The molecule has 4 nitrogen and oxygen atoms in total. The topological polar surface area (TPSA) is 69.4 Å². The van der Waals surface area contributed by atoms with Gasteiger partial charge in [0.15, 0.2) is 9.84 Å². The van der Waals surface area contributed by atoms with Gasteiger partial charge in [0, 0.05) is 22.6 Å². The van der Waals surface area contributed by atoms with Crippen molar-refractivity contribution in [3.63, 3.8) is 0 Å². The molecule has 0 spiro atoms. The van der Waals surface area contributed by atoms with Crippen LogP contribution in [0, 0.1) is 6.92 Å². The van der Waals surface area contributed by atoms with E-state index >= 15 is 0 Å². The standard InChI is InChI=1S/C14H17NO3S2/c1-10-6-7-14(19-10)13(9-15)18-11-4-3-5-12(8-11)20(2,16)17/h3-8,13H,9,15H2,1-2H3. The summed E-state index contributed by atoms with van der Waals surface area (Å²) in [5.41, 5.74) is 5.75. The van der Waals surface area contributed by atoms with Crippen LogP contribution in [0.15, 0.2) is 41.3 Å². The predicted molar refractivity (Wildman–Crippen MR) is 81.0 cm³/mol. The molecular formula is C14H17NO3S2. The van der Waals surface area contributed by atoms with Gasteiger partial charge in [-0.3, -0.25) is 0 Å². The van der Waals surface area contributed by atoms with Gasteiger partial charge in [-0.1, -0.05) is 6.07 Å². The van der Waals surface area contributed by atoms with Gasteiger partial charge in [0.1, 0.15) is 11.9 Å². The molecule has 0 aliphatic heterocycles. The Morgan fingerprint density at radius 2 is 2.05 bits per heavy atom. The van der Waals surface area contributed by atoms with Crippen LogP contribution in [-0.4, -0.2) is 21.2 Å². The van der Waals surface area contributed by atoms with Gasteiger partial charge in [0.05, 0.1) is 4.90 Å². The lowest BCUT2D eigenvalue weighted by Crippen LogP contribution is -2.17. The molecule has 2 aromatic rings. The Kier molecular flexibility index (Phi) is 4.47. The molecule has 1 heterocycles. The molecule has 0 radical (unpaired) electrons. The van der Waals surface area contributed by atoms with Gasteiger partial charge in [-0.05, 0) is 37.3 Å². The first-order valence-electron chi connectivity index (χ1n) is 6.13. The normalized spacial score (nSPS) is 13.2. The maximum atomic E-state index is 11.5. The van der Waals surface area contributed by atoms with Crippen LogP contribution in [0.4, 0.5) is 0 Å². The molecule has 0 amide bonds. The van der Waals surface area contributed by atoms with Crippen LogP contribution in [-0.2, 0) is 9.84 Å². The zero-order chi connectivity index (χ0) is 14.8. The highest BCUT2D eigenvalue weighted by Gasteiger charge is 2.15. The maximum Gasteiger partial charge on any atom is 0.175 e. The van der Waals surface area contributed by atoms with Gasteiger partial charge in [0.25, 0.3) is 0 Å². The molecule has 0 saturated carbocycles. The lowest BCUT2D eigenvalue weighted by Gasteiger charge is -2.16. The number of nitrogens with two attached hydrogens (primary N) is 1. The van der Waals surface area contributed by atoms with Crippen LogP contribution in [0.2, 0.25) is 0 Å². The summed E-state index contributed by atoms with van der Waals surface area (Å²) in [5.74, 6) is 0.509. The van der Waals surface area contributed by atoms with Crippen molar-refractivity contribution in [2.75, 3.05) is 12.8 Å². The summed E-state index contributed by atoms with van der Waals surface area (Å²) in [6.07, 6.45) is 0.915. The summed E-state index contributed by atoms with van der Waals surface area (Å²) in [7, 11) is -3.24. The third-order valence-electron chi connectivity index (χ3n) is 2.80. The summed E-state index contributed by atoms with van der Waals surface area (Å²) >= 11 is 1.63. The van der Waals surface area contributed by atoms with Crippen molar-refractivity contribution < 1.29 is 13.2 Å². The van der Waals surface area contributed by atoms with E-state index in [9.17, 15) is 8.42 Å². The minimum atomic E-state index is -3.24. The molecule has 1 aromatic heterocycles. The number of thiophene rings is 1. The minimum absolute atomic E-state index is 0.244. The second-order valence-electron chi connectivity index (χ2n) is 4.54. The number of rotatable bonds is 5. The van der Waals surface area contributed by atoms with Crippen molar-refractivity contribution in [1.29, 1.82) is 0 Å². The Morgan fingerprint density at radius 1 is 1.30 bits per heavy atom. The second kappa shape index (κ2) is 5.95. The van der Waals surface area contributed by atoms with Crippen molar-refractivity contribution in [3.8, 4) is 5.75 Å². The summed E-state index contributed by atoms with van der Waals surface area (Å²) in [6, 6.07) is 10.5. The third kappa shape index (κ3) is 3.59. The quantitative estimate of drug-likeness (QED) is 0.921. The average Bonchev–Trinajstić information content (AvgIpc) is 2.82. The number of sulfone groups is 1. The molecule has 1 atom stereocenters. The molecule has 0 bridgehead atoms. The molecule has 0 aliphatic carbocycles. The summed E-state index contributed by atoms with van der Waals surface area (Å²) in [4.78, 5) is 2.47. The Balaban J connectivity index is 2.24. The molecule has 2 N–H and O–H groups in total. The molecule has 1 aromatic carbocycles. The molecule has 6 heteroatoms. The Bertz CT molecular complexity index is 692. The van der Waals surface area contributed by atoms with E-state index < -0.39 is 9.84 Å². The van der Waals surface area contributed by atoms with Crippen LogP contribution in [0.25, 0.3) is 0 Å². The Hall–Kier alpha value is -1.37. The van der Waals surface area contributed by atoms with E-state index in [1.165, 1.54) is 17.2 Å². The van der Waals surface area contributed by atoms with Gasteiger partial charge < -0.3 is 10.5 Å². The molecule has 2 rings (SSSR count). The average molecular weight is 311 g/mol. The van der Waals surface area contributed by atoms with Gasteiger partial charge in [0.2, 0.25) is 0 Å². The molecule has 0 saturated heterocycles. The van der Waals surface area contributed by atoms with Gasteiger partial charge in [-0.15, -0.1) is 11.3 Å². The van der Waals surface area contributed by atoms with Crippen LogP contribution >= 0.6 is 11.3 Å². The van der Waals surface area contributed by atoms with E-state index in [2.05, 4.69) is 0 Å².